The highest BCUT2D eigenvalue weighted by Crippen LogP contribution is 2.44. The summed E-state index contributed by atoms with van der Waals surface area (Å²) in [5.41, 5.74) is 5.96. The largest absolute Gasteiger partial charge is 0.448 e. The second-order valence-corrected chi connectivity index (χ2v) is 7.23. The van der Waals surface area contributed by atoms with Crippen LogP contribution in [0.5, 0.6) is 0 Å². The molecule has 140 valence electrons. The molecule has 5 nitrogen and oxygen atoms in total. The number of ether oxygens (including phenoxy) is 1. The molecule has 28 heavy (non-hydrogen) atoms. The van der Waals surface area contributed by atoms with Gasteiger partial charge in [0.15, 0.2) is 0 Å². The smallest absolute Gasteiger partial charge is 0.414 e. The molecule has 5 heteroatoms. The fourth-order valence-corrected chi connectivity index (χ4v) is 4.39. The van der Waals surface area contributed by atoms with Crippen LogP contribution in [0.3, 0.4) is 0 Å². The van der Waals surface area contributed by atoms with Gasteiger partial charge in [0.2, 0.25) is 0 Å². The van der Waals surface area contributed by atoms with Crippen LogP contribution in [0.15, 0.2) is 65.6 Å². The van der Waals surface area contributed by atoms with Gasteiger partial charge in [0, 0.05) is 24.2 Å². The lowest BCUT2D eigenvalue weighted by molar-refractivity contribution is 0.150. The van der Waals surface area contributed by atoms with Crippen LogP contribution < -0.4 is 10.5 Å². The van der Waals surface area contributed by atoms with Crippen LogP contribution in [-0.2, 0) is 11.2 Å². The third-order valence-corrected chi connectivity index (χ3v) is 5.69. The topological polar surface area (TPSA) is 62.4 Å². The average molecular weight is 372 g/mol. The number of hydrogen-bond acceptors (Lipinski definition) is 3. The number of nitrogens with one attached hydrogen (secondary N) is 1. The zero-order valence-electron chi connectivity index (χ0n) is 15.4. The van der Waals surface area contributed by atoms with E-state index in [1.807, 2.05) is 24.3 Å². The molecule has 2 aromatic carbocycles. The van der Waals surface area contributed by atoms with Crippen LogP contribution in [0, 0.1) is 0 Å². The molecule has 0 fully saturated rings. The SMILES string of the molecule is O=C(OCC1c2ccccc2-c2ccccc21)N1CCCc2c1cc[nH]c2=O. The zero-order chi connectivity index (χ0) is 19.1. The number of carbonyl (C=O) groups excluding carboxylic acids is 1. The molecular weight excluding hydrogens is 352 g/mol. The van der Waals surface area contributed by atoms with Crippen molar-refractivity contribution >= 4 is 11.8 Å². The van der Waals surface area contributed by atoms with Crippen LogP contribution in [0.25, 0.3) is 11.1 Å². The van der Waals surface area contributed by atoms with Gasteiger partial charge in [0.25, 0.3) is 5.56 Å². The van der Waals surface area contributed by atoms with E-state index < -0.39 is 6.09 Å². The highest BCUT2D eigenvalue weighted by Gasteiger charge is 2.31. The lowest BCUT2D eigenvalue weighted by Gasteiger charge is -2.28. The van der Waals surface area contributed by atoms with Crippen molar-refractivity contribution in [2.24, 2.45) is 0 Å². The summed E-state index contributed by atoms with van der Waals surface area (Å²) in [4.78, 5) is 29.2. The summed E-state index contributed by atoms with van der Waals surface area (Å²) in [6.45, 7) is 0.842. The summed E-state index contributed by atoms with van der Waals surface area (Å²) in [6, 6.07) is 18.3. The third kappa shape index (κ3) is 2.62. The number of H-pyrrole nitrogens is 1. The van der Waals surface area contributed by atoms with Gasteiger partial charge in [-0.05, 0) is 41.2 Å². The number of nitrogens with zero attached hydrogens (tertiary/aromatic N) is 1. The van der Waals surface area contributed by atoms with Crippen LogP contribution in [-0.4, -0.2) is 24.2 Å². The first-order chi connectivity index (χ1) is 13.7. The van der Waals surface area contributed by atoms with E-state index in [2.05, 4.69) is 29.2 Å². The predicted octanol–water partition coefficient (Wildman–Crippen LogP) is 4.08. The monoisotopic (exact) mass is 372 g/mol. The molecule has 3 aromatic rings. The number of benzene rings is 2. The number of hydrogen-bond donors (Lipinski definition) is 1. The van der Waals surface area contributed by atoms with Crippen molar-refractivity contribution in [1.29, 1.82) is 0 Å². The van der Waals surface area contributed by atoms with Crippen molar-refractivity contribution in [3.8, 4) is 11.1 Å². The van der Waals surface area contributed by atoms with Gasteiger partial charge in [-0.2, -0.15) is 0 Å². The molecule has 5 rings (SSSR count). The van der Waals surface area contributed by atoms with Crippen LogP contribution in [0.2, 0.25) is 0 Å². The molecule has 1 aromatic heterocycles. The molecule has 0 saturated heterocycles. The molecule has 0 spiro atoms. The molecular formula is C23H20N2O3. The molecule has 0 unspecified atom stereocenters. The maximum absolute atomic E-state index is 12.8. The van der Waals surface area contributed by atoms with Gasteiger partial charge in [0.05, 0.1) is 5.69 Å². The van der Waals surface area contributed by atoms with Crippen molar-refractivity contribution in [3.05, 3.63) is 87.8 Å². The fraction of sp³-hybridized carbons (Fsp3) is 0.217. The molecule has 2 aliphatic rings. The summed E-state index contributed by atoms with van der Waals surface area (Å²) in [5.74, 6) is 0.0276. The quantitative estimate of drug-likeness (QED) is 0.737. The van der Waals surface area contributed by atoms with Crippen LogP contribution >= 0.6 is 0 Å². The normalized spacial score (nSPS) is 14.9. The van der Waals surface area contributed by atoms with Gasteiger partial charge in [-0.1, -0.05) is 48.5 Å². The van der Waals surface area contributed by atoms with Gasteiger partial charge in [-0.25, -0.2) is 4.79 Å². The number of fused-ring (bicyclic) bond motifs is 4. The Kier molecular flexibility index (Phi) is 4.01. The first-order valence-electron chi connectivity index (χ1n) is 9.57. The molecule has 0 bridgehead atoms. The van der Waals surface area contributed by atoms with Crippen molar-refractivity contribution in [2.75, 3.05) is 18.1 Å². The number of rotatable bonds is 2. The van der Waals surface area contributed by atoms with Crippen LogP contribution in [0.4, 0.5) is 10.5 Å². The van der Waals surface area contributed by atoms with E-state index in [-0.39, 0.29) is 18.1 Å². The van der Waals surface area contributed by atoms with Crippen molar-refractivity contribution in [3.63, 3.8) is 0 Å². The van der Waals surface area contributed by atoms with Gasteiger partial charge in [-0.15, -0.1) is 0 Å². The number of aromatic amines is 1. The number of pyridine rings is 1. The summed E-state index contributed by atoms with van der Waals surface area (Å²) in [6.07, 6.45) is 2.62. The van der Waals surface area contributed by atoms with Gasteiger partial charge >= 0.3 is 6.09 Å². The Labute approximate surface area is 162 Å². The van der Waals surface area contributed by atoms with E-state index in [9.17, 15) is 9.59 Å². The summed E-state index contributed by atoms with van der Waals surface area (Å²) < 4.78 is 5.75. The highest BCUT2D eigenvalue weighted by atomic mass is 16.6. The number of amides is 1. The highest BCUT2D eigenvalue weighted by molar-refractivity contribution is 5.89. The fourth-order valence-electron chi connectivity index (χ4n) is 4.39. The van der Waals surface area contributed by atoms with Gasteiger partial charge in [-0.3, -0.25) is 9.69 Å². The second-order valence-electron chi connectivity index (χ2n) is 7.23. The van der Waals surface area contributed by atoms with E-state index in [1.165, 1.54) is 22.3 Å². The van der Waals surface area contributed by atoms with E-state index >= 15 is 0 Å². The number of anilines is 1. The first-order valence-corrected chi connectivity index (χ1v) is 9.57. The predicted molar refractivity (Wildman–Crippen MR) is 108 cm³/mol. The number of aromatic nitrogens is 1. The average Bonchev–Trinajstić information content (AvgIpc) is 3.06. The Morgan fingerprint density at radius 2 is 1.71 bits per heavy atom. The van der Waals surface area contributed by atoms with Gasteiger partial charge < -0.3 is 9.72 Å². The van der Waals surface area contributed by atoms with E-state index in [0.717, 1.165) is 6.42 Å². The molecule has 1 aliphatic carbocycles. The molecule has 1 amide bonds. The van der Waals surface area contributed by atoms with E-state index in [4.69, 9.17) is 4.74 Å². The number of carbonyl (C=O) groups is 1. The van der Waals surface area contributed by atoms with E-state index in [1.54, 1.807) is 17.2 Å². The Hall–Kier alpha value is -3.34. The summed E-state index contributed by atoms with van der Waals surface area (Å²) >= 11 is 0. The summed E-state index contributed by atoms with van der Waals surface area (Å²) in [7, 11) is 0. The Balaban J connectivity index is 1.40. The van der Waals surface area contributed by atoms with Crippen molar-refractivity contribution in [1.82, 2.24) is 4.98 Å². The Bertz CT molecular complexity index is 1070. The molecule has 1 N–H and O–H groups in total. The standard InChI is InChI=1S/C23H20N2O3/c26-22-19-10-5-13-25(21(19)11-12-24-22)23(27)28-14-20-17-8-3-1-6-15(17)16-7-2-4-9-18(16)20/h1-4,6-9,11-12,20H,5,10,13-14H2,(H,24,26). The maximum Gasteiger partial charge on any atom is 0.414 e. The maximum atomic E-state index is 12.8. The first kappa shape index (κ1) is 16.8. The molecule has 0 atom stereocenters. The summed E-state index contributed by atoms with van der Waals surface area (Å²) in [5, 5.41) is 0. The van der Waals surface area contributed by atoms with Gasteiger partial charge in [0.1, 0.15) is 6.61 Å². The minimum atomic E-state index is -0.395. The van der Waals surface area contributed by atoms with Crippen molar-refractivity contribution < 1.29 is 9.53 Å². The molecule has 2 heterocycles. The molecule has 1 aliphatic heterocycles. The zero-order valence-corrected chi connectivity index (χ0v) is 15.4. The minimum absolute atomic E-state index is 0.0276. The lowest BCUT2D eigenvalue weighted by atomic mass is 9.98. The second kappa shape index (κ2) is 6.68. The Morgan fingerprint density at radius 3 is 2.43 bits per heavy atom. The Morgan fingerprint density at radius 1 is 1.04 bits per heavy atom. The minimum Gasteiger partial charge on any atom is -0.448 e. The van der Waals surface area contributed by atoms with Crippen molar-refractivity contribution in [2.45, 2.75) is 18.8 Å². The van der Waals surface area contributed by atoms with Crippen LogP contribution in [0.1, 0.15) is 29.0 Å². The molecule has 0 radical (unpaired) electrons. The third-order valence-electron chi connectivity index (χ3n) is 5.69. The van der Waals surface area contributed by atoms with E-state index in [0.29, 0.717) is 24.2 Å². The lowest BCUT2D eigenvalue weighted by Crippen LogP contribution is -2.38. The molecule has 0 saturated carbocycles.